The Kier molecular flexibility index (Phi) is 5.51. The maximum Gasteiger partial charge on any atom is 0.232 e. The fourth-order valence-corrected chi connectivity index (χ4v) is 3.85. The number of aryl methyl sites for hydroxylation is 1. The number of tetrazole rings is 1. The lowest BCUT2D eigenvalue weighted by Gasteiger charge is -2.16. The summed E-state index contributed by atoms with van der Waals surface area (Å²) in [7, 11) is 0. The molecule has 2 aliphatic rings. The molecule has 0 radical (unpaired) electrons. The van der Waals surface area contributed by atoms with E-state index in [9.17, 15) is 4.79 Å². The smallest absolute Gasteiger partial charge is 0.232 e. The summed E-state index contributed by atoms with van der Waals surface area (Å²) in [6.07, 6.45) is 9.43. The van der Waals surface area contributed by atoms with Crippen LogP contribution in [0.15, 0.2) is 47.8 Å². The summed E-state index contributed by atoms with van der Waals surface area (Å²) in [5.41, 5.74) is 4.85. The standard InChI is InChI=1S/C21H20ClN9O/c22-16-11-23-21-25-14-3-1-2-12(8-14)4-5-13-9-15(24-20(16)27-21)6-7-17(13)26-19(32)10-18-28-30-31-29-18/h2,6-9,11H,1,3-5,10H2,(H,26,32)(H2,23,24,25,27)(H,28,29,30,31). The molecule has 1 amide bonds. The Balaban J connectivity index is 1.47. The summed E-state index contributed by atoms with van der Waals surface area (Å²) in [4.78, 5) is 21.3. The molecular weight excluding hydrogens is 430 g/mol. The number of carbonyl (C=O) groups is 1. The van der Waals surface area contributed by atoms with Crippen molar-refractivity contribution in [3.8, 4) is 0 Å². The molecule has 5 rings (SSSR count). The van der Waals surface area contributed by atoms with Crippen LogP contribution in [0.5, 0.6) is 0 Å². The van der Waals surface area contributed by atoms with Gasteiger partial charge in [0.25, 0.3) is 0 Å². The Morgan fingerprint density at radius 3 is 3.00 bits per heavy atom. The molecule has 1 aliphatic carbocycles. The molecule has 162 valence electrons. The Bertz CT molecular complexity index is 1220. The number of H-pyrrole nitrogens is 1. The van der Waals surface area contributed by atoms with E-state index in [1.165, 1.54) is 5.57 Å². The highest BCUT2D eigenvalue weighted by Gasteiger charge is 2.15. The van der Waals surface area contributed by atoms with Gasteiger partial charge >= 0.3 is 0 Å². The molecule has 6 bridgehead atoms. The van der Waals surface area contributed by atoms with Gasteiger partial charge in [0.15, 0.2) is 11.6 Å². The van der Waals surface area contributed by atoms with E-state index in [0.717, 1.165) is 48.3 Å². The number of rotatable bonds is 3. The number of hydrogen-bond acceptors (Lipinski definition) is 8. The van der Waals surface area contributed by atoms with Crippen LogP contribution in [0.4, 0.5) is 23.1 Å². The van der Waals surface area contributed by atoms with Gasteiger partial charge in [-0.15, -0.1) is 10.2 Å². The number of amides is 1. The second-order valence-electron chi connectivity index (χ2n) is 7.55. The van der Waals surface area contributed by atoms with Gasteiger partial charge in [0.05, 0.1) is 12.6 Å². The maximum atomic E-state index is 12.5. The Morgan fingerprint density at radius 1 is 1.19 bits per heavy atom. The van der Waals surface area contributed by atoms with Gasteiger partial charge in [-0.25, -0.2) is 4.98 Å². The van der Waals surface area contributed by atoms with Gasteiger partial charge in [-0.2, -0.15) is 10.2 Å². The quantitative estimate of drug-likeness (QED) is 0.477. The van der Waals surface area contributed by atoms with E-state index in [-0.39, 0.29) is 12.3 Å². The Hall–Kier alpha value is -3.79. The number of fused-ring (bicyclic) bond motifs is 5. The molecule has 0 saturated heterocycles. The third kappa shape index (κ3) is 4.59. The minimum absolute atomic E-state index is 0.0399. The summed E-state index contributed by atoms with van der Waals surface area (Å²) in [5.74, 6) is 1.13. The fourth-order valence-electron chi connectivity index (χ4n) is 3.71. The molecule has 4 N–H and O–H groups in total. The first-order valence-corrected chi connectivity index (χ1v) is 10.6. The largest absolute Gasteiger partial charge is 0.339 e. The zero-order valence-corrected chi connectivity index (χ0v) is 17.8. The molecule has 0 atom stereocenters. The van der Waals surface area contributed by atoms with Crippen LogP contribution in [0.3, 0.4) is 0 Å². The predicted octanol–water partition coefficient (Wildman–Crippen LogP) is 3.53. The van der Waals surface area contributed by atoms with Crippen molar-refractivity contribution in [3.05, 3.63) is 64.2 Å². The summed E-state index contributed by atoms with van der Waals surface area (Å²) < 4.78 is 0. The van der Waals surface area contributed by atoms with Crippen molar-refractivity contribution in [3.63, 3.8) is 0 Å². The van der Waals surface area contributed by atoms with E-state index in [4.69, 9.17) is 11.6 Å². The van der Waals surface area contributed by atoms with E-state index in [1.807, 2.05) is 18.2 Å². The molecule has 2 aromatic heterocycles. The molecule has 32 heavy (non-hydrogen) atoms. The minimum Gasteiger partial charge on any atom is -0.339 e. The predicted molar refractivity (Wildman–Crippen MR) is 121 cm³/mol. The number of aromatic amines is 1. The Labute approximate surface area is 188 Å². The molecule has 0 unspecified atom stereocenters. The molecule has 10 nitrogen and oxygen atoms in total. The van der Waals surface area contributed by atoms with Gasteiger partial charge in [0.2, 0.25) is 11.9 Å². The maximum absolute atomic E-state index is 12.5. The van der Waals surface area contributed by atoms with Gasteiger partial charge in [-0.3, -0.25) is 4.79 Å². The van der Waals surface area contributed by atoms with Crippen molar-refractivity contribution >= 4 is 40.6 Å². The third-order valence-corrected chi connectivity index (χ3v) is 5.51. The SMILES string of the molecule is O=C(Cc1nn[nH]n1)Nc1ccc2cc1CCC1=CCCC(=C1)Nc1ncc(Cl)c(n1)N2. The first-order valence-electron chi connectivity index (χ1n) is 10.2. The number of anilines is 4. The first kappa shape index (κ1) is 20.1. The average molecular weight is 450 g/mol. The topological polar surface area (TPSA) is 133 Å². The number of hydrogen-bond donors (Lipinski definition) is 4. The van der Waals surface area contributed by atoms with E-state index in [2.05, 4.69) is 58.7 Å². The molecule has 0 spiro atoms. The van der Waals surface area contributed by atoms with Crippen molar-refractivity contribution in [2.75, 3.05) is 16.0 Å². The molecule has 1 aromatic carbocycles. The summed E-state index contributed by atoms with van der Waals surface area (Å²) >= 11 is 6.32. The van der Waals surface area contributed by atoms with Crippen molar-refractivity contribution in [1.82, 2.24) is 30.6 Å². The molecule has 11 heteroatoms. The molecule has 3 heterocycles. The van der Waals surface area contributed by atoms with Crippen LogP contribution in [0.25, 0.3) is 0 Å². The number of benzene rings is 1. The number of nitrogens with one attached hydrogen (secondary N) is 4. The molecule has 0 saturated carbocycles. The lowest BCUT2D eigenvalue weighted by Crippen LogP contribution is -2.16. The van der Waals surface area contributed by atoms with Crippen LogP contribution in [0.1, 0.15) is 30.7 Å². The van der Waals surface area contributed by atoms with Crippen molar-refractivity contribution in [2.24, 2.45) is 0 Å². The number of allylic oxidation sites excluding steroid dienone is 4. The molecular formula is C21H20ClN9O. The Morgan fingerprint density at radius 2 is 2.12 bits per heavy atom. The highest BCUT2D eigenvalue weighted by atomic mass is 35.5. The van der Waals surface area contributed by atoms with Gasteiger partial charge in [-0.05, 0) is 61.1 Å². The van der Waals surface area contributed by atoms with E-state index < -0.39 is 0 Å². The summed E-state index contributed by atoms with van der Waals surface area (Å²) in [6, 6.07) is 5.74. The number of aromatic nitrogens is 6. The number of nitrogens with zero attached hydrogens (tertiary/aromatic N) is 5. The third-order valence-electron chi connectivity index (χ3n) is 5.23. The lowest BCUT2D eigenvalue weighted by atomic mass is 9.97. The number of halogens is 1. The second-order valence-corrected chi connectivity index (χ2v) is 7.96. The molecule has 1 aliphatic heterocycles. The van der Waals surface area contributed by atoms with Gasteiger partial charge in [0, 0.05) is 17.1 Å². The van der Waals surface area contributed by atoms with Gasteiger partial charge in [0.1, 0.15) is 5.02 Å². The van der Waals surface area contributed by atoms with Gasteiger partial charge < -0.3 is 16.0 Å². The zero-order chi connectivity index (χ0) is 21.9. The van der Waals surface area contributed by atoms with E-state index in [0.29, 0.717) is 22.6 Å². The van der Waals surface area contributed by atoms with Crippen LogP contribution >= 0.6 is 11.6 Å². The molecule has 3 aromatic rings. The summed E-state index contributed by atoms with van der Waals surface area (Å²) in [5, 5.41) is 23.5. The van der Waals surface area contributed by atoms with Crippen molar-refractivity contribution in [1.29, 1.82) is 0 Å². The van der Waals surface area contributed by atoms with Crippen molar-refractivity contribution < 1.29 is 4.79 Å². The van der Waals surface area contributed by atoms with Crippen LogP contribution in [-0.2, 0) is 17.6 Å². The highest BCUT2D eigenvalue weighted by molar-refractivity contribution is 6.32. The fraction of sp³-hybridized carbons (Fsp3) is 0.238. The van der Waals surface area contributed by atoms with Crippen LogP contribution in [-0.4, -0.2) is 36.5 Å². The zero-order valence-electron chi connectivity index (χ0n) is 17.0. The van der Waals surface area contributed by atoms with Crippen LogP contribution in [0, 0.1) is 0 Å². The number of carbonyl (C=O) groups excluding carboxylic acids is 1. The normalized spacial score (nSPS) is 15.0. The molecule has 0 fully saturated rings. The summed E-state index contributed by atoms with van der Waals surface area (Å²) in [6.45, 7) is 0. The van der Waals surface area contributed by atoms with Crippen molar-refractivity contribution in [2.45, 2.75) is 32.1 Å². The van der Waals surface area contributed by atoms with Crippen LogP contribution in [0.2, 0.25) is 5.02 Å². The van der Waals surface area contributed by atoms with Gasteiger partial charge in [-0.1, -0.05) is 22.9 Å². The second kappa shape index (κ2) is 8.75. The van der Waals surface area contributed by atoms with E-state index in [1.54, 1.807) is 6.20 Å². The first-order chi connectivity index (χ1) is 15.6. The average Bonchev–Trinajstić information content (AvgIpc) is 3.29. The minimum atomic E-state index is -0.210. The lowest BCUT2D eigenvalue weighted by molar-refractivity contribution is -0.115. The van der Waals surface area contributed by atoms with E-state index >= 15 is 0 Å². The monoisotopic (exact) mass is 449 g/mol. The highest BCUT2D eigenvalue weighted by Crippen LogP contribution is 2.30. The van der Waals surface area contributed by atoms with Crippen LogP contribution < -0.4 is 16.0 Å².